The predicted molar refractivity (Wildman–Crippen MR) is 156 cm³/mol. The Balaban J connectivity index is 1.45. The van der Waals surface area contributed by atoms with Gasteiger partial charge in [0.05, 0.1) is 19.8 Å². The lowest BCUT2D eigenvalue weighted by Crippen LogP contribution is -2.19. The van der Waals surface area contributed by atoms with Gasteiger partial charge in [-0.05, 0) is 76.1 Å². The Kier molecular flexibility index (Phi) is 8.44. The Bertz CT molecular complexity index is 1560. The van der Waals surface area contributed by atoms with Gasteiger partial charge in [-0.25, -0.2) is 0 Å². The fourth-order valence-electron chi connectivity index (χ4n) is 5.10. The van der Waals surface area contributed by atoms with Crippen LogP contribution in [-0.2, 0) is 13.1 Å². The van der Waals surface area contributed by atoms with Gasteiger partial charge in [0.2, 0.25) is 0 Å². The average Bonchev–Trinajstić information content (AvgIpc) is 3.36. The average molecular weight is 522 g/mol. The number of rotatable bonds is 11. The third-order valence-corrected chi connectivity index (χ3v) is 7.20. The van der Waals surface area contributed by atoms with Crippen molar-refractivity contribution < 1.29 is 10.2 Å². The van der Waals surface area contributed by atoms with Crippen LogP contribution in [0.25, 0.3) is 39.0 Å². The number of aliphatic hydroxyl groups excluding tert-OH is 2. The molecule has 4 N–H and O–H groups in total. The van der Waals surface area contributed by atoms with E-state index in [1.165, 1.54) is 44.5 Å². The summed E-state index contributed by atoms with van der Waals surface area (Å²) in [5, 5.41) is 33.1. The van der Waals surface area contributed by atoms with E-state index in [-0.39, 0.29) is 13.2 Å². The summed E-state index contributed by atoms with van der Waals surface area (Å²) in [6.45, 7) is 7.03. The van der Waals surface area contributed by atoms with Crippen LogP contribution in [0, 0.1) is 13.8 Å². The number of pyridine rings is 1. The monoisotopic (exact) mass is 521 g/mol. The molecule has 0 aliphatic rings. The Hall–Kier alpha value is -3.88. The molecule has 200 valence electrons. The largest absolute Gasteiger partial charge is 0.395 e. The molecular weight excluding hydrogens is 486 g/mol. The van der Waals surface area contributed by atoms with Crippen LogP contribution < -0.4 is 10.6 Å². The molecule has 0 fully saturated rings. The molecule has 7 heteroatoms. The quantitative estimate of drug-likeness (QED) is 0.191. The van der Waals surface area contributed by atoms with Gasteiger partial charge in [-0.2, -0.15) is 0 Å². The maximum absolute atomic E-state index is 9.02. The van der Waals surface area contributed by atoms with E-state index in [4.69, 9.17) is 10.2 Å². The topological polar surface area (TPSA) is 94.7 Å². The fraction of sp³-hybridized carbons (Fsp3) is 0.250. The van der Waals surface area contributed by atoms with Gasteiger partial charge in [0.1, 0.15) is 0 Å². The molecule has 0 atom stereocenters. The highest BCUT2D eigenvalue weighted by Gasteiger charge is 2.14. The molecule has 2 heterocycles. The van der Waals surface area contributed by atoms with E-state index in [0.29, 0.717) is 19.6 Å². The summed E-state index contributed by atoms with van der Waals surface area (Å²) < 4.78 is 1.98. The molecule has 5 rings (SSSR count). The zero-order valence-corrected chi connectivity index (χ0v) is 22.5. The second-order valence-corrected chi connectivity index (χ2v) is 9.71. The highest BCUT2D eigenvalue weighted by atomic mass is 16.3. The van der Waals surface area contributed by atoms with Crippen LogP contribution in [0.1, 0.15) is 22.5 Å². The first kappa shape index (κ1) is 26.7. The summed E-state index contributed by atoms with van der Waals surface area (Å²) in [6, 6.07) is 25.8. The Labute approximate surface area is 229 Å². The lowest BCUT2D eigenvalue weighted by atomic mass is 9.88. The summed E-state index contributed by atoms with van der Waals surface area (Å²) in [6.07, 6.45) is 2.02. The van der Waals surface area contributed by atoms with Gasteiger partial charge in [-0.1, -0.05) is 60.7 Å². The lowest BCUT2D eigenvalue weighted by Gasteiger charge is -2.17. The van der Waals surface area contributed by atoms with Gasteiger partial charge < -0.3 is 20.8 Å². The van der Waals surface area contributed by atoms with Crippen molar-refractivity contribution in [3.63, 3.8) is 0 Å². The summed E-state index contributed by atoms with van der Waals surface area (Å²) >= 11 is 0. The van der Waals surface area contributed by atoms with Crippen LogP contribution in [-0.4, -0.2) is 51.1 Å². The molecule has 0 radical (unpaired) electrons. The molecule has 0 saturated carbocycles. The second kappa shape index (κ2) is 12.3. The molecule has 5 aromatic rings. The summed E-state index contributed by atoms with van der Waals surface area (Å²) in [4.78, 5) is 0. The van der Waals surface area contributed by atoms with E-state index < -0.39 is 0 Å². The molecule has 0 aliphatic carbocycles. The summed E-state index contributed by atoms with van der Waals surface area (Å²) in [5.41, 5.74) is 11.6. The number of hydrogen-bond donors (Lipinski definition) is 4. The van der Waals surface area contributed by atoms with Gasteiger partial charge in [0, 0.05) is 25.8 Å². The molecular formula is C32H35N5O2. The number of fused-ring (bicyclic) bond motifs is 1. The number of benzene rings is 3. The highest BCUT2D eigenvalue weighted by Crippen LogP contribution is 2.37. The SMILES string of the molecule is Cc1c(-c2ccc(CNCCO)cc2)cccc1-c1cccc(-c2ccn3c(CNCCO)nnc3c2)c1C. The molecule has 3 aromatic carbocycles. The van der Waals surface area contributed by atoms with E-state index in [1.807, 2.05) is 10.6 Å². The van der Waals surface area contributed by atoms with Crippen LogP contribution in [0.15, 0.2) is 79.0 Å². The van der Waals surface area contributed by atoms with Crippen molar-refractivity contribution >= 4 is 5.65 Å². The number of aliphatic hydroxyl groups is 2. The van der Waals surface area contributed by atoms with Crippen molar-refractivity contribution in [3.05, 3.63) is 102 Å². The van der Waals surface area contributed by atoms with Crippen molar-refractivity contribution in [2.24, 2.45) is 0 Å². The van der Waals surface area contributed by atoms with E-state index >= 15 is 0 Å². The molecule has 0 saturated heterocycles. The van der Waals surface area contributed by atoms with Crippen molar-refractivity contribution in [2.75, 3.05) is 26.3 Å². The minimum atomic E-state index is 0.0923. The van der Waals surface area contributed by atoms with Crippen LogP contribution >= 0.6 is 0 Å². The molecule has 7 nitrogen and oxygen atoms in total. The van der Waals surface area contributed by atoms with Crippen molar-refractivity contribution in [3.8, 4) is 33.4 Å². The molecule has 0 bridgehead atoms. The zero-order chi connectivity index (χ0) is 27.2. The first-order chi connectivity index (χ1) is 19.1. The second-order valence-electron chi connectivity index (χ2n) is 9.71. The molecule has 0 aliphatic heterocycles. The molecule has 0 spiro atoms. The number of aromatic nitrogens is 3. The predicted octanol–water partition coefficient (Wildman–Crippen LogP) is 4.51. The number of hydrogen-bond acceptors (Lipinski definition) is 6. The fourth-order valence-corrected chi connectivity index (χ4v) is 5.10. The van der Waals surface area contributed by atoms with Gasteiger partial charge in [-0.3, -0.25) is 4.40 Å². The summed E-state index contributed by atoms with van der Waals surface area (Å²) in [7, 11) is 0. The highest BCUT2D eigenvalue weighted by molar-refractivity contribution is 5.84. The lowest BCUT2D eigenvalue weighted by molar-refractivity contribution is 0.291. The Morgan fingerprint density at radius 2 is 1.26 bits per heavy atom. The van der Waals surface area contributed by atoms with E-state index in [2.05, 4.69) is 107 Å². The van der Waals surface area contributed by atoms with Crippen molar-refractivity contribution in [1.29, 1.82) is 0 Å². The maximum atomic E-state index is 9.02. The normalized spacial score (nSPS) is 11.4. The van der Waals surface area contributed by atoms with Gasteiger partial charge in [0.15, 0.2) is 11.5 Å². The molecule has 0 amide bonds. The Morgan fingerprint density at radius 1 is 0.667 bits per heavy atom. The minimum absolute atomic E-state index is 0.0923. The van der Waals surface area contributed by atoms with E-state index in [0.717, 1.165) is 23.6 Å². The van der Waals surface area contributed by atoms with E-state index in [9.17, 15) is 0 Å². The van der Waals surface area contributed by atoms with Gasteiger partial charge in [-0.15, -0.1) is 10.2 Å². The van der Waals surface area contributed by atoms with E-state index in [1.54, 1.807) is 0 Å². The maximum Gasteiger partial charge on any atom is 0.161 e. The molecule has 0 unspecified atom stereocenters. The molecule has 39 heavy (non-hydrogen) atoms. The molecule has 2 aromatic heterocycles. The zero-order valence-electron chi connectivity index (χ0n) is 22.5. The minimum Gasteiger partial charge on any atom is -0.395 e. The van der Waals surface area contributed by atoms with Crippen molar-refractivity contribution in [2.45, 2.75) is 26.9 Å². The van der Waals surface area contributed by atoms with Gasteiger partial charge >= 0.3 is 0 Å². The summed E-state index contributed by atoms with van der Waals surface area (Å²) in [5.74, 6) is 0.817. The standard InChI is InChI=1S/C32H35N5O2/c1-22-27(25-11-9-24(10-12-25)20-33-14-17-38)5-3-7-29(22)30-8-4-6-28(23(30)2)26-13-16-37-31(19-26)35-36-32(37)21-34-15-18-39/h3-13,16,19,33-34,38-39H,14-15,17-18,20-21H2,1-2H3. The first-order valence-corrected chi connectivity index (χ1v) is 13.4. The van der Waals surface area contributed by atoms with Crippen LogP contribution in [0.5, 0.6) is 0 Å². The van der Waals surface area contributed by atoms with Crippen LogP contribution in [0.4, 0.5) is 0 Å². The Morgan fingerprint density at radius 3 is 1.90 bits per heavy atom. The third kappa shape index (κ3) is 5.77. The van der Waals surface area contributed by atoms with Crippen molar-refractivity contribution in [1.82, 2.24) is 25.2 Å². The number of nitrogens with zero attached hydrogens (tertiary/aromatic N) is 3. The van der Waals surface area contributed by atoms with Crippen LogP contribution in [0.2, 0.25) is 0 Å². The number of nitrogens with one attached hydrogen (secondary N) is 2. The van der Waals surface area contributed by atoms with Gasteiger partial charge in [0.25, 0.3) is 0 Å². The smallest absolute Gasteiger partial charge is 0.161 e. The third-order valence-electron chi connectivity index (χ3n) is 7.20. The first-order valence-electron chi connectivity index (χ1n) is 13.4. The van der Waals surface area contributed by atoms with Crippen LogP contribution in [0.3, 0.4) is 0 Å².